The molecule has 2 heteroatoms. The summed E-state index contributed by atoms with van der Waals surface area (Å²) in [6.45, 7) is 6.61. The standard InChI is InChI=1S/C17H17NS/c1-11(2)14-6-12(3)7-15(8-14)16-9-13-4-5-19-17(13)10-18-16/h4-11H,1-3H3. The van der Waals surface area contributed by atoms with Crippen molar-refractivity contribution >= 4 is 21.4 Å². The molecule has 0 spiro atoms. The van der Waals surface area contributed by atoms with Gasteiger partial charge in [0.05, 0.1) is 10.4 Å². The van der Waals surface area contributed by atoms with Gasteiger partial charge in [-0.2, -0.15) is 0 Å². The predicted octanol–water partition coefficient (Wildman–Crippen LogP) is 5.40. The largest absolute Gasteiger partial charge is 0.255 e. The first kappa shape index (κ1) is 12.4. The number of fused-ring (bicyclic) bond motifs is 1. The average Bonchev–Trinajstić information content (AvgIpc) is 2.85. The summed E-state index contributed by atoms with van der Waals surface area (Å²) in [5.41, 5.74) is 4.96. The van der Waals surface area contributed by atoms with Crippen molar-refractivity contribution in [2.75, 3.05) is 0 Å². The molecule has 1 nitrogen and oxygen atoms in total. The second-order valence-electron chi connectivity index (χ2n) is 5.32. The zero-order valence-corrected chi connectivity index (χ0v) is 12.3. The van der Waals surface area contributed by atoms with Crippen molar-refractivity contribution in [1.29, 1.82) is 0 Å². The third-order valence-corrected chi connectivity index (χ3v) is 4.27. The molecule has 0 atom stereocenters. The number of benzene rings is 1. The minimum atomic E-state index is 0.545. The fourth-order valence-corrected chi connectivity index (χ4v) is 3.06. The molecular formula is C17H17NS. The highest BCUT2D eigenvalue weighted by atomic mass is 32.1. The lowest BCUT2D eigenvalue weighted by Gasteiger charge is -2.10. The van der Waals surface area contributed by atoms with Crippen LogP contribution in [-0.4, -0.2) is 4.98 Å². The molecule has 96 valence electrons. The van der Waals surface area contributed by atoms with Gasteiger partial charge < -0.3 is 0 Å². The minimum absolute atomic E-state index is 0.545. The van der Waals surface area contributed by atoms with Gasteiger partial charge in [-0.05, 0) is 53.4 Å². The molecule has 0 aliphatic rings. The van der Waals surface area contributed by atoms with E-state index in [0.717, 1.165) is 5.69 Å². The Balaban J connectivity index is 2.14. The number of thiophene rings is 1. The predicted molar refractivity (Wildman–Crippen MR) is 83.9 cm³/mol. The molecule has 3 aromatic rings. The Morgan fingerprint density at radius 1 is 1.11 bits per heavy atom. The second kappa shape index (κ2) is 4.78. The number of aryl methyl sites for hydroxylation is 1. The molecule has 0 aliphatic heterocycles. The molecule has 0 fully saturated rings. The molecule has 0 radical (unpaired) electrons. The average molecular weight is 267 g/mol. The molecule has 0 bridgehead atoms. The lowest BCUT2D eigenvalue weighted by Crippen LogP contribution is -1.91. The van der Waals surface area contributed by atoms with Crippen LogP contribution in [0.3, 0.4) is 0 Å². The van der Waals surface area contributed by atoms with E-state index in [0.29, 0.717) is 5.92 Å². The van der Waals surface area contributed by atoms with E-state index in [9.17, 15) is 0 Å². The number of hydrogen-bond acceptors (Lipinski definition) is 2. The molecule has 1 aromatic carbocycles. The van der Waals surface area contributed by atoms with Crippen molar-refractivity contribution in [2.45, 2.75) is 26.7 Å². The van der Waals surface area contributed by atoms with Crippen LogP contribution in [0.15, 0.2) is 41.9 Å². The molecule has 0 saturated carbocycles. The van der Waals surface area contributed by atoms with Crippen molar-refractivity contribution in [2.24, 2.45) is 0 Å². The van der Waals surface area contributed by atoms with Crippen LogP contribution < -0.4 is 0 Å². The van der Waals surface area contributed by atoms with Crippen LogP contribution in [0.5, 0.6) is 0 Å². The van der Waals surface area contributed by atoms with Crippen LogP contribution in [0.2, 0.25) is 0 Å². The molecule has 0 saturated heterocycles. The van der Waals surface area contributed by atoms with Crippen molar-refractivity contribution in [3.05, 3.63) is 53.0 Å². The van der Waals surface area contributed by atoms with Crippen molar-refractivity contribution in [1.82, 2.24) is 4.98 Å². The molecule has 19 heavy (non-hydrogen) atoms. The molecule has 0 N–H and O–H groups in total. The van der Waals surface area contributed by atoms with Gasteiger partial charge in [-0.25, -0.2) is 0 Å². The van der Waals surface area contributed by atoms with Gasteiger partial charge in [-0.3, -0.25) is 4.98 Å². The lowest BCUT2D eigenvalue weighted by molar-refractivity contribution is 0.865. The summed E-state index contributed by atoms with van der Waals surface area (Å²) in [4.78, 5) is 4.60. The number of rotatable bonds is 2. The van der Waals surface area contributed by atoms with Crippen LogP contribution in [0.25, 0.3) is 21.3 Å². The summed E-state index contributed by atoms with van der Waals surface area (Å²) in [5, 5.41) is 3.40. The smallest absolute Gasteiger partial charge is 0.0709 e. The van der Waals surface area contributed by atoms with E-state index < -0.39 is 0 Å². The lowest BCUT2D eigenvalue weighted by atomic mass is 9.96. The Labute approximate surface area is 117 Å². The summed E-state index contributed by atoms with van der Waals surface area (Å²) in [6.07, 6.45) is 1.98. The van der Waals surface area contributed by atoms with E-state index in [4.69, 9.17) is 0 Å². The first-order valence-electron chi connectivity index (χ1n) is 6.59. The van der Waals surface area contributed by atoms with Gasteiger partial charge in [0.15, 0.2) is 0 Å². The summed E-state index contributed by atoms with van der Waals surface area (Å²) in [7, 11) is 0. The van der Waals surface area contributed by atoms with E-state index in [2.05, 4.69) is 61.5 Å². The van der Waals surface area contributed by atoms with Crippen molar-refractivity contribution in [3.8, 4) is 11.3 Å². The Morgan fingerprint density at radius 2 is 1.95 bits per heavy atom. The summed E-state index contributed by atoms with van der Waals surface area (Å²) < 4.78 is 1.25. The highest BCUT2D eigenvalue weighted by Crippen LogP contribution is 2.28. The van der Waals surface area contributed by atoms with E-state index in [1.54, 1.807) is 11.3 Å². The number of nitrogens with zero attached hydrogens (tertiary/aromatic N) is 1. The zero-order valence-electron chi connectivity index (χ0n) is 11.5. The van der Waals surface area contributed by atoms with Gasteiger partial charge in [-0.15, -0.1) is 11.3 Å². The molecule has 0 unspecified atom stereocenters. The molecule has 2 heterocycles. The molecular weight excluding hydrogens is 250 g/mol. The van der Waals surface area contributed by atoms with Gasteiger partial charge in [0.25, 0.3) is 0 Å². The maximum absolute atomic E-state index is 4.60. The van der Waals surface area contributed by atoms with E-state index in [1.165, 1.54) is 26.8 Å². The maximum atomic E-state index is 4.60. The third kappa shape index (κ3) is 2.41. The van der Waals surface area contributed by atoms with Crippen LogP contribution in [0.1, 0.15) is 30.9 Å². The van der Waals surface area contributed by atoms with Gasteiger partial charge in [-0.1, -0.05) is 25.5 Å². The highest BCUT2D eigenvalue weighted by molar-refractivity contribution is 7.17. The van der Waals surface area contributed by atoms with Crippen molar-refractivity contribution in [3.63, 3.8) is 0 Å². The zero-order chi connectivity index (χ0) is 13.4. The van der Waals surface area contributed by atoms with Gasteiger partial charge in [0.2, 0.25) is 0 Å². The Kier molecular flexibility index (Phi) is 3.11. The first-order chi connectivity index (χ1) is 9.13. The third-order valence-electron chi connectivity index (χ3n) is 3.40. The van der Waals surface area contributed by atoms with Crippen LogP contribution in [0, 0.1) is 6.92 Å². The number of pyridine rings is 1. The van der Waals surface area contributed by atoms with Crippen LogP contribution in [-0.2, 0) is 0 Å². The monoisotopic (exact) mass is 267 g/mol. The molecule has 0 amide bonds. The normalized spacial score (nSPS) is 11.4. The number of hydrogen-bond donors (Lipinski definition) is 0. The molecule has 0 aliphatic carbocycles. The fourth-order valence-electron chi connectivity index (χ4n) is 2.32. The highest BCUT2D eigenvalue weighted by Gasteiger charge is 2.06. The summed E-state index contributed by atoms with van der Waals surface area (Å²) >= 11 is 1.74. The van der Waals surface area contributed by atoms with E-state index in [1.807, 2.05) is 6.20 Å². The second-order valence-corrected chi connectivity index (χ2v) is 6.26. The van der Waals surface area contributed by atoms with Gasteiger partial charge in [0.1, 0.15) is 0 Å². The van der Waals surface area contributed by atoms with Gasteiger partial charge in [0, 0.05) is 11.8 Å². The Morgan fingerprint density at radius 3 is 2.74 bits per heavy atom. The summed E-state index contributed by atoms with van der Waals surface area (Å²) in [5.74, 6) is 0.545. The summed E-state index contributed by atoms with van der Waals surface area (Å²) in [6, 6.07) is 11.1. The Bertz CT molecular complexity index is 725. The SMILES string of the molecule is Cc1cc(-c2cc3ccsc3cn2)cc(C(C)C)c1. The van der Waals surface area contributed by atoms with Crippen LogP contribution in [0.4, 0.5) is 0 Å². The molecule has 2 aromatic heterocycles. The Hall–Kier alpha value is -1.67. The van der Waals surface area contributed by atoms with Crippen LogP contribution >= 0.6 is 11.3 Å². The molecule has 3 rings (SSSR count). The maximum Gasteiger partial charge on any atom is 0.0709 e. The fraction of sp³-hybridized carbons (Fsp3) is 0.235. The minimum Gasteiger partial charge on any atom is -0.255 e. The number of aromatic nitrogens is 1. The van der Waals surface area contributed by atoms with Gasteiger partial charge >= 0.3 is 0 Å². The quantitative estimate of drug-likeness (QED) is 0.606. The topological polar surface area (TPSA) is 12.9 Å². The first-order valence-corrected chi connectivity index (χ1v) is 7.46. The van der Waals surface area contributed by atoms with E-state index >= 15 is 0 Å². The van der Waals surface area contributed by atoms with Crippen molar-refractivity contribution < 1.29 is 0 Å². The van der Waals surface area contributed by atoms with E-state index in [-0.39, 0.29) is 0 Å².